The van der Waals surface area contributed by atoms with Crippen LogP contribution in [0.1, 0.15) is 20.3 Å². The zero-order chi connectivity index (χ0) is 26.7. The number of hydrogen-bond acceptors (Lipinski definition) is 6. The quantitative estimate of drug-likeness (QED) is 0.239. The number of nitrogens with zero attached hydrogens (tertiary/aromatic N) is 2. The van der Waals surface area contributed by atoms with Gasteiger partial charge in [0.2, 0.25) is 0 Å². The highest BCUT2D eigenvalue weighted by atomic mass is 19.3. The molecule has 37 heavy (non-hydrogen) atoms. The van der Waals surface area contributed by atoms with Gasteiger partial charge in [-0.05, 0) is 36.8 Å². The molecule has 0 bridgehead atoms. The van der Waals surface area contributed by atoms with E-state index >= 15 is 0 Å². The second-order valence-electron chi connectivity index (χ2n) is 8.28. The second-order valence-corrected chi connectivity index (χ2v) is 8.28. The minimum atomic E-state index is -3.07. The summed E-state index contributed by atoms with van der Waals surface area (Å²) in [6.45, 7) is 2.66. The number of rotatable bonds is 9. The minimum absolute atomic E-state index is 0.0952. The van der Waals surface area contributed by atoms with Crippen molar-refractivity contribution in [3.05, 3.63) is 66.5 Å². The van der Waals surface area contributed by atoms with E-state index in [1.807, 2.05) is 0 Å². The van der Waals surface area contributed by atoms with Gasteiger partial charge in [-0.3, -0.25) is 0 Å². The highest BCUT2D eigenvalue weighted by molar-refractivity contribution is 5.97. The fraction of sp³-hybridized carbons (Fsp3) is 0.259. The van der Waals surface area contributed by atoms with E-state index in [1.54, 1.807) is 24.3 Å². The number of methoxy groups -OCH3 is 2. The molecule has 0 spiro atoms. The molecular weight excluding hydrogens is 490 g/mol. The average Bonchev–Trinajstić information content (AvgIpc) is 2.88. The normalized spacial score (nSPS) is 12.3. The summed E-state index contributed by atoms with van der Waals surface area (Å²) >= 11 is 0. The molecule has 1 unspecified atom stereocenters. The first kappa shape index (κ1) is 26.0. The van der Waals surface area contributed by atoms with Crippen LogP contribution in [0.5, 0.6) is 17.2 Å². The Morgan fingerprint density at radius 3 is 2.41 bits per heavy atom. The van der Waals surface area contributed by atoms with Gasteiger partial charge in [0.05, 0.1) is 30.8 Å². The van der Waals surface area contributed by atoms with Gasteiger partial charge in [0.25, 0.3) is 5.92 Å². The topological polar surface area (TPSA) is 65.5 Å². The van der Waals surface area contributed by atoms with E-state index < -0.39 is 30.1 Å². The summed E-state index contributed by atoms with van der Waals surface area (Å²) in [6, 6.07) is 11.3. The summed E-state index contributed by atoms with van der Waals surface area (Å²) in [5.74, 6) is -3.38. The Bertz CT molecular complexity index is 1430. The maximum atomic E-state index is 14.5. The fourth-order valence-electron chi connectivity index (χ4n) is 3.82. The molecule has 0 aliphatic heterocycles. The Kier molecular flexibility index (Phi) is 7.37. The molecule has 0 fully saturated rings. The number of halogens is 4. The van der Waals surface area contributed by atoms with E-state index in [2.05, 4.69) is 15.3 Å². The van der Waals surface area contributed by atoms with Gasteiger partial charge in [-0.25, -0.2) is 27.5 Å². The number of ether oxygens (including phenoxy) is 3. The zero-order valence-corrected chi connectivity index (χ0v) is 20.6. The molecule has 1 atom stereocenters. The van der Waals surface area contributed by atoms with Crippen LogP contribution in [0.4, 0.5) is 29.1 Å². The van der Waals surface area contributed by atoms with Crippen molar-refractivity contribution in [2.24, 2.45) is 0 Å². The summed E-state index contributed by atoms with van der Waals surface area (Å²) in [6.07, 6.45) is -0.546. The van der Waals surface area contributed by atoms with Gasteiger partial charge in [0, 0.05) is 30.2 Å². The van der Waals surface area contributed by atoms with Gasteiger partial charge >= 0.3 is 0 Å². The Labute approximate surface area is 211 Å². The van der Waals surface area contributed by atoms with E-state index in [0.717, 1.165) is 12.1 Å². The third-order valence-electron chi connectivity index (χ3n) is 5.98. The Hall–Kier alpha value is -4.08. The number of hydrogen-bond donors (Lipinski definition) is 1. The molecule has 4 aromatic rings. The van der Waals surface area contributed by atoms with Crippen molar-refractivity contribution in [2.45, 2.75) is 32.3 Å². The van der Waals surface area contributed by atoms with Gasteiger partial charge in [-0.15, -0.1) is 0 Å². The average molecular weight is 516 g/mol. The number of nitrogens with one attached hydrogen (secondary N) is 1. The molecule has 1 N–H and O–H groups in total. The van der Waals surface area contributed by atoms with Crippen LogP contribution in [0.2, 0.25) is 0 Å². The number of anilines is 2. The lowest BCUT2D eigenvalue weighted by Crippen LogP contribution is -2.35. The molecule has 3 aromatic carbocycles. The molecule has 1 heterocycles. The predicted octanol–water partition coefficient (Wildman–Crippen LogP) is 7.15. The van der Waals surface area contributed by atoms with Crippen LogP contribution in [0.3, 0.4) is 0 Å². The number of aromatic nitrogens is 2. The monoisotopic (exact) mass is 515 g/mol. The largest absolute Gasteiger partial charge is 0.497 e. The van der Waals surface area contributed by atoms with Crippen molar-refractivity contribution in [1.82, 2.24) is 9.97 Å². The fourth-order valence-corrected chi connectivity index (χ4v) is 3.82. The number of fused-ring (bicyclic) bond motifs is 1. The first-order valence-electron chi connectivity index (χ1n) is 11.4. The second kappa shape index (κ2) is 10.5. The molecule has 4 rings (SSSR count). The highest BCUT2D eigenvalue weighted by Gasteiger charge is 2.36. The SMILES string of the molecule is CCC(F)(F)C(C)Oc1cc(OC)cc2ncnc(Nc3cc(-c4ccc(F)cc4F)ccc3OC)c12. The first-order valence-corrected chi connectivity index (χ1v) is 11.4. The van der Waals surface area contributed by atoms with Crippen molar-refractivity contribution < 1.29 is 31.8 Å². The molecule has 0 amide bonds. The van der Waals surface area contributed by atoms with E-state index in [-0.39, 0.29) is 17.1 Å². The zero-order valence-electron chi connectivity index (χ0n) is 20.6. The van der Waals surface area contributed by atoms with Crippen LogP contribution in [0, 0.1) is 11.6 Å². The van der Waals surface area contributed by atoms with E-state index in [0.29, 0.717) is 33.7 Å². The Morgan fingerprint density at radius 2 is 1.73 bits per heavy atom. The minimum Gasteiger partial charge on any atom is -0.497 e. The standard InChI is InChI=1S/C27H25F4N3O3/c1-5-27(30,31)15(2)37-24-13-18(35-3)12-22-25(24)26(33-14-32-22)34-21-10-16(6-9-23(21)36-4)19-8-7-17(28)11-20(19)29/h6-15H,5H2,1-4H3,(H,32,33,34). The van der Waals surface area contributed by atoms with Crippen molar-refractivity contribution in [2.75, 3.05) is 19.5 Å². The molecule has 0 saturated heterocycles. The van der Waals surface area contributed by atoms with Crippen molar-refractivity contribution >= 4 is 22.4 Å². The lowest BCUT2D eigenvalue weighted by molar-refractivity contribution is -0.0894. The van der Waals surface area contributed by atoms with Gasteiger partial charge in [-0.2, -0.15) is 0 Å². The van der Waals surface area contributed by atoms with Crippen LogP contribution in [-0.2, 0) is 0 Å². The Balaban J connectivity index is 1.83. The smallest absolute Gasteiger partial charge is 0.283 e. The van der Waals surface area contributed by atoms with Gasteiger partial charge < -0.3 is 19.5 Å². The molecule has 6 nitrogen and oxygen atoms in total. The molecule has 1 aromatic heterocycles. The summed E-state index contributed by atoms with van der Waals surface area (Å²) in [5, 5.41) is 3.47. The third kappa shape index (κ3) is 5.37. The van der Waals surface area contributed by atoms with Crippen LogP contribution in [0.25, 0.3) is 22.0 Å². The predicted molar refractivity (Wildman–Crippen MR) is 133 cm³/mol. The Morgan fingerprint density at radius 1 is 0.946 bits per heavy atom. The van der Waals surface area contributed by atoms with Gasteiger partial charge in [-0.1, -0.05) is 13.0 Å². The summed E-state index contributed by atoms with van der Waals surface area (Å²) in [5.41, 5.74) is 1.42. The van der Waals surface area contributed by atoms with Crippen molar-refractivity contribution in [3.63, 3.8) is 0 Å². The molecule has 0 aliphatic rings. The molecule has 10 heteroatoms. The van der Waals surface area contributed by atoms with Crippen LogP contribution in [0.15, 0.2) is 54.9 Å². The summed E-state index contributed by atoms with van der Waals surface area (Å²) in [4.78, 5) is 8.56. The van der Waals surface area contributed by atoms with Crippen molar-refractivity contribution in [3.8, 4) is 28.4 Å². The van der Waals surface area contributed by atoms with Gasteiger partial charge in [0.1, 0.15) is 41.0 Å². The summed E-state index contributed by atoms with van der Waals surface area (Å²) in [7, 11) is 2.91. The van der Waals surface area contributed by atoms with E-state index in [1.165, 1.54) is 46.5 Å². The maximum Gasteiger partial charge on any atom is 0.283 e. The molecule has 194 valence electrons. The molecule has 0 saturated carbocycles. The van der Waals surface area contributed by atoms with Gasteiger partial charge in [0.15, 0.2) is 6.10 Å². The van der Waals surface area contributed by atoms with Crippen molar-refractivity contribution in [1.29, 1.82) is 0 Å². The third-order valence-corrected chi connectivity index (χ3v) is 5.98. The lowest BCUT2D eigenvalue weighted by atomic mass is 10.0. The van der Waals surface area contributed by atoms with Crippen LogP contribution < -0.4 is 19.5 Å². The number of alkyl halides is 2. The van der Waals surface area contributed by atoms with Crippen LogP contribution in [-0.4, -0.2) is 36.2 Å². The van der Waals surface area contributed by atoms with E-state index in [4.69, 9.17) is 14.2 Å². The number of benzene rings is 3. The molecular formula is C27H25F4N3O3. The highest BCUT2D eigenvalue weighted by Crippen LogP contribution is 2.40. The molecule has 0 radical (unpaired) electrons. The molecule has 0 aliphatic carbocycles. The van der Waals surface area contributed by atoms with E-state index in [9.17, 15) is 17.6 Å². The first-order chi connectivity index (χ1) is 17.7. The maximum absolute atomic E-state index is 14.5. The lowest BCUT2D eigenvalue weighted by Gasteiger charge is -2.24. The van der Waals surface area contributed by atoms with Crippen LogP contribution >= 0.6 is 0 Å². The summed E-state index contributed by atoms with van der Waals surface area (Å²) < 4.78 is 73.0.